The van der Waals surface area contributed by atoms with Gasteiger partial charge in [-0.05, 0) is 43.4 Å². The molecule has 1 saturated heterocycles. The highest BCUT2D eigenvalue weighted by Gasteiger charge is 2.37. The van der Waals surface area contributed by atoms with E-state index in [0.717, 1.165) is 17.9 Å². The maximum atomic E-state index is 2.83. The average molecular weight is 273 g/mol. The molecule has 3 unspecified atom stereocenters. The fourth-order valence-corrected chi connectivity index (χ4v) is 5.64. The molecule has 4 rings (SSSR count). The number of nitrogens with zero attached hydrogens (tertiary/aromatic N) is 1. The summed E-state index contributed by atoms with van der Waals surface area (Å²) in [7, 11) is 0. The lowest BCUT2D eigenvalue weighted by molar-refractivity contribution is 0.176. The van der Waals surface area contributed by atoms with Crippen LogP contribution in [0.25, 0.3) is 0 Å². The lowest BCUT2D eigenvalue weighted by Gasteiger charge is -2.33. The van der Waals surface area contributed by atoms with Gasteiger partial charge < -0.3 is 0 Å². The zero-order chi connectivity index (χ0) is 12.7. The molecule has 0 aromatic heterocycles. The lowest BCUT2D eigenvalue weighted by Crippen LogP contribution is -2.37. The molecule has 1 aromatic carbocycles. The number of fused-ring (bicyclic) bond motifs is 2. The molecule has 19 heavy (non-hydrogen) atoms. The Bertz CT molecular complexity index is 458. The Morgan fingerprint density at radius 2 is 2.00 bits per heavy atom. The van der Waals surface area contributed by atoms with E-state index in [1.54, 1.807) is 5.56 Å². The molecule has 2 aliphatic heterocycles. The Balaban J connectivity index is 1.48. The standard InChI is InChI=1S/C17H23NS/c1-3-7-16-13(5-1)9-10-18(16)11-14-12-19-17-8-4-2-6-15(14)17/h2,4,6,8,13-14,16H,1,3,5,7,9-12H2. The second kappa shape index (κ2) is 5.14. The molecule has 3 aliphatic rings. The van der Waals surface area contributed by atoms with Crippen molar-refractivity contribution >= 4 is 11.8 Å². The molecule has 1 saturated carbocycles. The zero-order valence-corrected chi connectivity index (χ0v) is 12.4. The van der Waals surface area contributed by atoms with Crippen LogP contribution in [-0.4, -0.2) is 29.8 Å². The number of thioether (sulfide) groups is 1. The van der Waals surface area contributed by atoms with Gasteiger partial charge in [0.15, 0.2) is 0 Å². The van der Waals surface area contributed by atoms with Crippen LogP contribution in [0, 0.1) is 5.92 Å². The van der Waals surface area contributed by atoms with Crippen molar-refractivity contribution in [2.24, 2.45) is 5.92 Å². The summed E-state index contributed by atoms with van der Waals surface area (Å²) in [6.45, 7) is 2.67. The highest BCUT2D eigenvalue weighted by molar-refractivity contribution is 7.99. The largest absolute Gasteiger partial charge is 0.299 e. The normalized spacial score (nSPS) is 34.2. The highest BCUT2D eigenvalue weighted by atomic mass is 32.2. The fraction of sp³-hybridized carbons (Fsp3) is 0.647. The van der Waals surface area contributed by atoms with Gasteiger partial charge in [-0.25, -0.2) is 0 Å². The molecule has 102 valence electrons. The van der Waals surface area contributed by atoms with Crippen LogP contribution in [0.4, 0.5) is 0 Å². The Labute approximate surface area is 120 Å². The molecule has 3 atom stereocenters. The van der Waals surface area contributed by atoms with Gasteiger partial charge in [0.05, 0.1) is 0 Å². The van der Waals surface area contributed by atoms with Crippen molar-refractivity contribution < 1.29 is 0 Å². The van der Waals surface area contributed by atoms with Gasteiger partial charge in [0, 0.05) is 29.2 Å². The summed E-state index contributed by atoms with van der Waals surface area (Å²) < 4.78 is 0. The van der Waals surface area contributed by atoms with Crippen LogP contribution < -0.4 is 0 Å². The maximum Gasteiger partial charge on any atom is 0.0124 e. The summed E-state index contributed by atoms with van der Waals surface area (Å²) in [5.74, 6) is 3.10. The van der Waals surface area contributed by atoms with Gasteiger partial charge in [0.2, 0.25) is 0 Å². The summed E-state index contributed by atoms with van der Waals surface area (Å²) in [5.41, 5.74) is 1.62. The number of hydrogen-bond acceptors (Lipinski definition) is 2. The van der Waals surface area contributed by atoms with Crippen LogP contribution in [0.2, 0.25) is 0 Å². The SMILES string of the molecule is c1ccc2c(c1)SCC2CN1CCC2CCCCC21. The van der Waals surface area contributed by atoms with Crippen LogP contribution in [0.15, 0.2) is 29.2 Å². The van der Waals surface area contributed by atoms with Gasteiger partial charge in [0.25, 0.3) is 0 Å². The molecule has 0 bridgehead atoms. The fourth-order valence-electron chi connectivity index (χ4n) is 4.39. The molecular formula is C17H23NS. The molecule has 1 nitrogen and oxygen atoms in total. The van der Waals surface area contributed by atoms with Gasteiger partial charge in [-0.15, -0.1) is 11.8 Å². The zero-order valence-electron chi connectivity index (χ0n) is 11.6. The van der Waals surface area contributed by atoms with Gasteiger partial charge in [-0.2, -0.15) is 0 Å². The van der Waals surface area contributed by atoms with E-state index in [-0.39, 0.29) is 0 Å². The monoisotopic (exact) mass is 273 g/mol. The van der Waals surface area contributed by atoms with Crippen molar-refractivity contribution in [3.05, 3.63) is 29.8 Å². The van der Waals surface area contributed by atoms with E-state index in [4.69, 9.17) is 0 Å². The van der Waals surface area contributed by atoms with E-state index in [0.29, 0.717) is 0 Å². The minimum absolute atomic E-state index is 0.780. The van der Waals surface area contributed by atoms with Gasteiger partial charge in [-0.3, -0.25) is 4.90 Å². The lowest BCUT2D eigenvalue weighted by atomic mass is 9.85. The number of rotatable bonds is 2. The minimum atomic E-state index is 0.780. The topological polar surface area (TPSA) is 3.24 Å². The molecule has 1 aliphatic carbocycles. The first-order valence-electron chi connectivity index (χ1n) is 7.87. The van der Waals surface area contributed by atoms with E-state index in [9.17, 15) is 0 Å². The summed E-state index contributed by atoms with van der Waals surface area (Å²) >= 11 is 2.06. The first-order valence-corrected chi connectivity index (χ1v) is 8.86. The predicted molar refractivity (Wildman–Crippen MR) is 81.8 cm³/mol. The first-order chi connectivity index (χ1) is 9.42. The summed E-state index contributed by atoms with van der Waals surface area (Å²) in [6.07, 6.45) is 7.38. The van der Waals surface area contributed by atoms with Crippen molar-refractivity contribution in [3.63, 3.8) is 0 Å². The van der Waals surface area contributed by atoms with E-state index >= 15 is 0 Å². The number of likely N-dealkylation sites (tertiary alicyclic amines) is 1. The Hall–Kier alpha value is -0.470. The van der Waals surface area contributed by atoms with Crippen LogP contribution in [0.1, 0.15) is 43.6 Å². The maximum absolute atomic E-state index is 2.83. The van der Waals surface area contributed by atoms with Crippen molar-refractivity contribution in [2.45, 2.75) is 49.0 Å². The highest BCUT2D eigenvalue weighted by Crippen LogP contribution is 2.42. The quantitative estimate of drug-likeness (QED) is 0.796. The van der Waals surface area contributed by atoms with E-state index in [1.165, 1.54) is 55.8 Å². The molecule has 0 radical (unpaired) electrons. The average Bonchev–Trinajstić information content (AvgIpc) is 3.05. The van der Waals surface area contributed by atoms with Crippen LogP contribution in [0.5, 0.6) is 0 Å². The first kappa shape index (κ1) is 12.3. The minimum Gasteiger partial charge on any atom is -0.299 e. The molecule has 0 spiro atoms. The van der Waals surface area contributed by atoms with Gasteiger partial charge in [0.1, 0.15) is 0 Å². The molecule has 2 heterocycles. The Kier molecular flexibility index (Phi) is 3.32. The Morgan fingerprint density at radius 1 is 1.11 bits per heavy atom. The summed E-state index contributed by atoms with van der Waals surface area (Å²) in [4.78, 5) is 4.36. The number of hydrogen-bond donors (Lipinski definition) is 0. The van der Waals surface area contributed by atoms with Crippen LogP contribution in [0.3, 0.4) is 0 Å². The molecule has 0 amide bonds. The third-order valence-electron chi connectivity index (χ3n) is 5.38. The third kappa shape index (κ3) is 2.23. The molecule has 2 heteroatoms. The van der Waals surface area contributed by atoms with Crippen LogP contribution in [-0.2, 0) is 0 Å². The van der Waals surface area contributed by atoms with E-state index in [2.05, 4.69) is 40.9 Å². The summed E-state index contributed by atoms with van der Waals surface area (Å²) in [6, 6.07) is 9.97. The third-order valence-corrected chi connectivity index (χ3v) is 6.63. The Morgan fingerprint density at radius 3 is 3.00 bits per heavy atom. The van der Waals surface area contributed by atoms with Crippen molar-refractivity contribution in [1.29, 1.82) is 0 Å². The van der Waals surface area contributed by atoms with Crippen molar-refractivity contribution in [3.8, 4) is 0 Å². The second-order valence-corrected chi connectivity index (χ2v) is 7.50. The van der Waals surface area contributed by atoms with Crippen LogP contribution >= 0.6 is 11.8 Å². The molecule has 0 N–H and O–H groups in total. The second-order valence-electron chi connectivity index (χ2n) is 6.44. The van der Waals surface area contributed by atoms with Crippen molar-refractivity contribution in [1.82, 2.24) is 4.90 Å². The number of benzene rings is 1. The van der Waals surface area contributed by atoms with E-state index < -0.39 is 0 Å². The summed E-state index contributed by atoms with van der Waals surface area (Å²) in [5, 5.41) is 0. The molecule has 1 aromatic rings. The smallest absolute Gasteiger partial charge is 0.0124 e. The van der Waals surface area contributed by atoms with E-state index in [1.807, 2.05) is 0 Å². The molecular weight excluding hydrogens is 250 g/mol. The molecule has 2 fully saturated rings. The van der Waals surface area contributed by atoms with Crippen molar-refractivity contribution in [2.75, 3.05) is 18.8 Å². The predicted octanol–water partition coefficient (Wildman–Crippen LogP) is 4.14. The van der Waals surface area contributed by atoms with Gasteiger partial charge >= 0.3 is 0 Å². The van der Waals surface area contributed by atoms with Gasteiger partial charge in [-0.1, -0.05) is 31.0 Å².